The molecule has 4 heteroatoms. The van der Waals surface area contributed by atoms with E-state index in [0.29, 0.717) is 17.7 Å². The van der Waals surface area contributed by atoms with Crippen LogP contribution in [0.5, 0.6) is 0 Å². The van der Waals surface area contributed by atoms with Gasteiger partial charge < -0.3 is 9.88 Å². The van der Waals surface area contributed by atoms with Gasteiger partial charge in [0.15, 0.2) is 0 Å². The Labute approximate surface area is 148 Å². The van der Waals surface area contributed by atoms with E-state index in [1.165, 1.54) is 0 Å². The number of pyridine rings is 1. The van der Waals surface area contributed by atoms with Crippen LogP contribution in [0.2, 0.25) is 0 Å². The van der Waals surface area contributed by atoms with E-state index in [-0.39, 0.29) is 17.5 Å². The molecule has 1 N–H and O–H groups in total. The van der Waals surface area contributed by atoms with Gasteiger partial charge in [0.2, 0.25) is 0 Å². The second-order valence-corrected chi connectivity index (χ2v) is 6.64. The molecule has 1 aromatic heterocycles. The predicted molar refractivity (Wildman–Crippen MR) is 101 cm³/mol. The molecular formula is C21H24N2O2. The average molecular weight is 336 g/mol. The number of nitrogens with one attached hydrogen (secondary N) is 1. The van der Waals surface area contributed by atoms with Gasteiger partial charge in [-0.25, -0.2) is 0 Å². The molecule has 3 rings (SSSR count). The number of carbonyl (C=O) groups is 1. The molecule has 0 aliphatic carbocycles. The number of aromatic nitrogens is 1. The summed E-state index contributed by atoms with van der Waals surface area (Å²) in [5.74, 6) is 0.0454. The lowest BCUT2D eigenvalue weighted by atomic mass is 10.0. The number of hydrogen-bond acceptors (Lipinski definition) is 2. The van der Waals surface area contributed by atoms with Crippen molar-refractivity contribution in [2.75, 3.05) is 6.54 Å². The summed E-state index contributed by atoms with van der Waals surface area (Å²) in [6.07, 6.45) is 6.21. The van der Waals surface area contributed by atoms with Crippen LogP contribution in [0.3, 0.4) is 0 Å². The van der Waals surface area contributed by atoms with Crippen LogP contribution in [0.4, 0.5) is 0 Å². The van der Waals surface area contributed by atoms with Gasteiger partial charge in [-0.1, -0.05) is 37.6 Å². The molecule has 1 amide bonds. The summed E-state index contributed by atoms with van der Waals surface area (Å²) in [7, 11) is 0. The second-order valence-electron chi connectivity index (χ2n) is 6.64. The molecule has 25 heavy (non-hydrogen) atoms. The van der Waals surface area contributed by atoms with Crippen LogP contribution in [0, 0.1) is 13.8 Å². The highest BCUT2D eigenvalue weighted by Crippen LogP contribution is 2.21. The zero-order chi connectivity index (χ0) is 18.0. The first-order valence-electron chi connectivity index (χ1n) is 8.80. The van der Waals surface area contributed by atoms with Gasteiger partial charge in [0.1, 0.15) is 0 Å². The minimum Gasteiger partial charge on any atom is -0.328 e. The highest BCUT2D eigenvalue weighted by atomic mass is 16.2. The van der Waals surface area contributed by atoms with E-state index in [0.717, 1.165) is 29.7 Å². The van der Waals surface area contributed by atoms with E-state index >= 15 is 0 Å². The number of nitrogens with zero attached hydrogens (tertiary/aromatic N) is 1. The maximum Gasteiger partial charge on any atom is 0.256 e. The van der Waals surface area contributed by atoms with Crippen LogP contribution in [0.15, 0.2) is 47.3 Å². The maximum atomic E-state index is 12.8. The fourth-order valence-electron chi connectivity index (χ4n) is 3.25. The summed E-state index contributed by atoms with van der Waals surface area (Å²) in [5.41, 5.74) is 3.94. The highest BCUT2D eigenvalue weighted by molar-refractivity contribution is 5.95. The van der Waals surface area contributed by atoms with E-state index < -0.39 is 0 Å². The lowest BCUT2D eigenvalue weighted by Gasteiger charge is -2.24. The fraction of sp³-hybridized carbons (Fsp3) is 0.333. The molecule has 130 valence electrons. The Balaban J connectivity index is 1.84. The van der Waals surface area contributed by atoms with Crippen molar-refractivity contribution in [2.24, 2.45) is 0 Å². The summed E-state index contributed by atoms with van der Waals surface area (Å²) in [6, 6.07) is 9.42. The normalized spacial score (nSPS) is 16.4. The summed E-state index contributed by atoms with van der Waals surface area (Å²) < 4.78 is 0. The van der Waals surface area contributed by atoms with Crippen molar-refractivity contribution in [3.05, 3.63) is 69.7 Å². The molecule has 2 aromatic rings. The number of carbonyl (C=O) groups excluding carboxylic acids is 1. The average Bonchev–Trinajstić information content (AvgIpc) is 3.06. The minimum atomic E-state index is -0.103. The molecule has 0 fully saturated rings. The van der Waals surface area contributed by atoms with Crippen molar-refractivity contribution in [1.82, 2.24) is 9.88 Å². The Morgan fingerprint density at radius 2 is 1.96 bits per heavy atom. The van der Waals surface area contributed by atoms with Gasteiger partial charge in [0.05, 0.1) is 6.04 Å². The third-order valence-corrected chi connectivity index (χ3v) is 4.85. The summed E-state index contributed by atoms with van der Waals surface area (Å²) >= 11 is 0. The summed E-state index contributed by atoms with van der Waals surface area (Å²) in [6.45, 7) is 6.66. The van der Waals surface area contributed by atoms with Crippen LogP contribution in [-0.2, 0) is 0 Å². The zero-order valence-electron chi connectivity index (χ0n) is 15.0. The monoisotopic (exact) mass is 336 g/mol. The van der Waals surface area contributed by atoms with Gasteiger partial charge in [0.25, 0.3) is 11.5 Å². The minimum absolute atomic E-state index is 0.0454. The molecule has 1 atom stereocenters. The molecule has 2 heterocycles. The van der Waals surface area contributed by atoms with Crippen LogP contribution >= 0.6 is 0 Å². The number of amides is 1. The first kappa shape index (κ1) is 17.2. The molecule has 4 nitrogen and oxygen atoms in total. The van der Waals surface area contributed by atoms with E-state index in [4.69, 9.17) is 0 Å². The number of hydrogen-bond donors (Lipinski definition) is 1. The number of rotatable bonds is 4. The highest BCUT2D eigenvalue weighted by Gasteiger charge is 2.24. The van der Waals surface area contributed by atoms with Crippen LogP contribution in [0.25, 0.3) is 11.1 Å². The zero-order valence-corrected chi connectivity index (χ0v) is 15.0. The third kappa shape index (κ3) is 3.43. The van der Waals surface area contributed by atoms with E-state index in [1.54, 1.807) is 0 Å². The molecule has 0 saturated carbocycles. The molecule has 1 aliphatic heterocycles. The van der Waals surface area contributed by atoms with Crippen LogP contribution in [-0.4, -0.2) is 28.4 Å². The lowest BCUT2D eigenvalue weighted by Crippen LogP contribution is -2.35. The molecule has 0 saturated heterocycles. The standard InChI is InChI=1S/C21H24N2O2/c1-4-6-18-7-5-12-23(18)21(25)17-10-8-16(9-11-17)19-13-14(2)15(3)22-20(19)24/h5,7-11,13,18H,4,6,12H2,1-3H3,(H,22,24)/t18-/m1/s1. The van der Waals surface area contributed by atoms with Gasteiger partial charge in [-0.2, -0.15) is 0 Å². The van der Waals surface area contributed by atoms with Gasteiger partial charge in [-0.05, 0) is 49.6 Å². The van der Waals surface area contributed by atoms with Gasteiger partial charge in [0, 0.05) is 23.4 Å². The first-order valence-corrected chi connectivity index (χ1v) is 8.80. The summed E-state index contributed by atoms with van der Waals surface area (Å²) in [4.78, 5) is 29.7. The molecule has 1 aliphatic rings. The SMILES string of the molecule is CCC[C@@H]1C=CCN1C(=O)c1ccc(-c2cc(C)c(C)[nH]c2=O)cc1. The Hall–Kier alpha value is -2.62. The van der Waals surface area contributed by atoms with Crippen LogP contribution in [0.1, 0.15) is 41.4 Å². The third-order valence-electron chi connectivity index (χ3n) is 4.85. The Bertz CT molecular complexity index is 862. The molecule has 0 spiro atoms. The predicted octanol–water partition coefficient (Wildman–Crippen LogP) is 3.84. The van der Waals surface area contributed by atoms with E-state index in [2.05, 4.69) is 24.1 Å². The van der Waals surface area contributed by atoms with Crippen molar-refractivity contribution < 1.29 is 4.79 Å². The number of aromatic amines is 1. The van der Waals surface area contributed by atoms with Crippen LogP contribution < -0.4 is 5.56 Å². The van der Waals surface area contributed by atoms with E-state index in [9.17, 15) is 9.59 Å². The summed E-state index contributed by atoms with van der Waals surface area (Å²) in [5, 5.41) is 0. The number of benzene rings is 1. The number of H-pyrrole nitrogens is 1. The topological polar surface area (TPSA) is 53.2 Å². The van der Waals surface area contributed by atoms with Crippen molar-refractivity contribution in [3.63, 3.8) is 0 Å². The Kier molecular flexibility index (Phi) is 4.88. The van der Waals surface area contributed by atoms with Gasteiger partial charge >= 0.3 is 0 Å². The Morgan fingerprint density at radius 1 is 1.24 bits per heavy atom. The molecule has 0 unspecified atom stereocenters. The van der Waals surface area contributed by atoms with Crippen molar-refractivity contribution in [3.8, 4) is 11.1 Å². The fourth-order valence-corrected chi connectivity index (χ4v) is 3.25. The lowest BCUT2D eigenvalue weighted by molar-refractivity contribution is 0.0744. The second kappa shape index (κ2) is 7.09. The first-order chi connectivity index (χ1) is 12.0. The quantitative estimate of drug-likeness (QED) is 0.863. The van der Waals surface area contributed by atoms with Gasteiger partial charge in [-0.15, -0.1) is 0 Å². The van der Waals surface area contributed by atoms with Gasteiger partial charge in [-0.3, -0.25) is 9.59 Å². The molecule has 0 radical (unpaired) electrons. The van der Waals surface area contributed by atoms with Crippen molar-refractivity contribution in [1.29, 1.82) is 0 Å². The maximum absolute atomic E-state index is 12.8. The molecule has 1 aromatic carbocycles. The number of aryl methyl sites for hydroxylation is 2. The molecular weight excluding hydrogens is 312 g/mol. The Morgan fingerprint density at radius 3 is 2.64 bits per heavy atom. The van der Waals surface area contributed by atoms with Crippen molar-refractivity contribution >= 4 is 5.91 Å². The van der Waals surface area contributed by atoms with Crippen molar-refractivity contribution in [2.45, 2.75) is 39.7 Å². The molecule has 0 bridgehead atoms. The largest absolute Gasteiger partial charge is 0.328 e. The van der Waals surface area contributed by atoms with E-state index in [1.807, 2.05) is 49.1 Å². The smallest absolute Gasteiger partial charge is 0.256 e.